The van der Waals surface area contributed by atoms with Crippen molar-refractivity contribution in [3.05, 3.63) is 15.9 Å². The van der Waals surface area contributed by atoms with Gasteiger partial charge in [0, 0.05) is 25.3 Å². The van der Waals surface area contributed by atoms with Crippen LogP contribution in [0.1, 0.15) is 39.1 Å². The fraction of sp³-hybridized carbons (Fsp3) is 0.786. The molecule has 0 radical (unpaired) electrons. The highest BCUT2D eigenvalue weighted by Crippen LogP contribution is 2.28. The van der Waals surface area contributed by atoms with Crippen LogP contribution in [-0.2, 0) is 29.2 Å². The molecule has 1 heterocycles. The van der Waals surface area contributed by atoms with E-state index in [9.17, 15) is 8.42 Å². The van der Waals surface area contributed by atoms with Gasteiger partial charge in [0.2, 0.25) is 0 Å². The zero-order chi connectivity index (χ0) is 16.4. The van der Waals surface area contributed by atoms with Crippen LogP contribution in [0.3, 0.4) is 0 Å². The molecule has 21 heavy (non-hydrogen) atoms. The van der Waals surface area contributed by atoms with E-state index >= 15 is 0 Å². The average Bonchev–Trinajstić information content (AvgIpc) is 2.70. The number of aryl methyl sites for hydroxylation is 2. The molecular formula is C14H26BrN3O2S. The van der Waals surface area contributed by atoms with Gasteiger partial charge < -0.3 is 5.32 Å². The van der Waals surface area contributed by atoms with Crippen LogP contribution in [0.15, 0.2) is 4.47 Å². The second-order valence-electron chi connectivity index (χ2n) is 5.80. The van der Waals surface area contributed by atoms with Crippen LogP contribution >= 0.6 is 15.9 Å². The number of hydrogen-bond donors (Lipinski definition) is 1. The van der Waals surface area contributed by atoms with E-state index in [1.807, 2.05) is 11.6 Å². The maximum atomic E-state index is 12.1. The molecule has 0 bridgehead atoms. The molecule has 122 valence electrons. The largest absolute Gasteiger partial charge is 0.315 e. The van der Waals surface area contributed by atoms with E-state index in [2.05, 4.69) is 33.3 Å². The number of rotatable bonds is 7. The van der Waals surface area contributed by atoms with Crippen molar-refractivity contribution in [3.63, 3.8) is 0 Å². The minimum atomic E-state index is -3.17. The highest BCUT2D eigenvalue weighted by molar-refractivity contribution is 9.10. The molecule has 0 saturated carbocycles. The number of nitrogens with zero attached hydrogens (tertiary/aromatic N) is 2. The number of aromatic nitrogens is 2. The summed E-state index contributed by atoms with van der Waals surface area (Å²) in [6, 6.07) is -0.185. The van der Waals surface area contributed by atoms with Crippen molar-refractivity contribution in [1.82, 2.24) is 15.1 Å². The first-order valence-electron chi connectivity index (χ1n) is 7.21. The molecule has 5 nitrogen and oxygen atoms in total. The fourth-order valence-electron chi connectivity index (χ4n) is 2.36. The van der Waals surface area contributed by atoms with Crippen LogP contribution in [-0.4, -0.2) is 42.3 Å². The summed E-state index contributed by atoms with van der Waals surface area (Å²) in [6.45, 7) is 8.41. The van der Waals surface area contributed by atoms with Gasteiger partial charge in [-0.25, -0.2) is 8.42 Å². The van der Waals surface area contributed by atoms with Gasteiger partial charge in [0.25, 0.3) is 0 Å². The summed E-state index contributed by atoms with van der Waals surface area (Å²) < 4.78 is 26.2. The normalized spacial score (nSPS) is 14.4. The molecule has 0 aliphatic rings. The predicted molar refractivity (Wildman–Crippen MR) is 90.5 cm³/mol. The van der Waals surface area contributed by atoms with Crippen molar-refractivity contribution in [2.24, 2.45) is 0 Å². The summed E-state index contributed by atoms with van der Waals surface area (Å²) in [4.78, 5) is 0. The standard InChI is InChI=1S/C14H26BrN3O2S/c1-7-10-13(15)11(18(8-2)17-10)9-12(16-5)14(3,4)21(6,19)20/h12,16H,7-9H2,1-6H3. The highest BCUT2D eigenvalue weighted by atomic mass is 79.9. The van der Waals surface area contributed by atoms with E-state index < -0.39 is 14.6 Å². The molecule has 0 fully saturated rings. The van der Waals surface area contributed by atoms with Crippen molar-refractivity contribution in [2.75, 3.05) is 13.3 Å². The van der Waals surface area contributed by atoms with Gasteiger partial charge in [-0.1, -0.05) is 6.92 Å². The summed E-state index contributed by atoms with van der Waals surface area (Å²) in [5.41, 5.74) is 2.06. The molecule has 1 rings (SSSR count). The second-order valence-corrected chi connectivity index (χ2v) is 9.19. The van der Waals surface area contributed by atoms with Gasteiger partial charge in [-0.05, 0) is 50.2 Å². The average molecular weight is 380 g/mol. The highest BCUT2D eigenvalue weighted by Gasteiger charge is 2.39. The van der Waals surface area contributed by atoms with Gasteiger partial charge in [0.05, 0.1) is 20.6 Å². The molecule has 0 aliphatic heterocycles. The Balaban J connectivity index is 3.22. The molecule has 1 unspecified atom stereocenters. The second kappa shape index (κ2) is 6.79. The third-order valence-electron chi connectivity index (χ3n) is 4.23. The Morgan fingerprint density at radius 2 is 1.95 bits per heavy atom. The predicted octanol–water partition coefficient (Wildman–Crippen LogP) is 2.18. The first-order chi connectivity index (χ1) is 9.60. The Bertz CT molecular complexity index is 594. The summed E-state index contributed by atoms with van der Waals surface area (Å²) in [6.07, 6.45) is 2.75. The molecule has 0 spiro atoms. The molecule has 1 aromatic heterocycles. The Kier molecular flexibility index (Phi) is 6.03. The van der Waals surface area contributed by atoms with Gasteiger partial charge >= 0.3 is 0 Å². The lowest BCUT2D eigenvalue weighted by Crippen LogP contribution is -2.51. The number of sulfone groups is 1. The number of hydrogen-bond acceptors (Lipinski definition) is 4. The van der Waals surface area contributed by atoms with E-state index in [4.69, 9.17) is 0 Å². The molecule has 1 N–H and O–H groups in total. The van der Waals surface area contributed by atoms with Crippen molar-refractivity contribution in [1.29, 1.82) is 0 Å². The Labute approximate surface area is 136 Å². The molecular weight excluding hydrogens is 354 g/mol. The Morgan fingerprint density at radius 3 is 2.33 bits per heavy atom. The van der Waals surface area contributed by atoms with E-state index in [-0.39, 0.29) is 6.04 Å². The summed E-state index contributed by atoms with van der Waals surface area (Å²) in [7, 11) is -1.37. The minimum absolute atomic E-state index is 0.185. The first kappa shape index (κ1) is 18.6. The van der Waals surface area contributed by atoms with E-state index in [0.717, 1.165) is 28.8 Å². The summed E-state index contributed by atoms with van der Waals surface area (Å²) in [5, 5.41) is 7.73. The molecule has 0 saturated heterocycles. The lowest BCUT2D eigenvalue weighted by atomic mass is 9.98. The Morgan fingerprint density at radius 1 is 1.38 bits per heavy atom. The number of halogens is 1. The third-order valence-corrected chi connectivity index (χ3v) is 7.35. The molecule has 0 amide bonds. The zero-order valence-corrected chi connectivity index (χ0v) is 16.1. The van der Waals surface area contributed by atoms with Gasteiger partial charge in [0.1, 0.15) is 0 Å². The van der Waals surface area contributed by atoms with Crippen molar-refractivity contribution < 1.29 is 8.42 Å². The van der Waals surface area contributed by atoms with Crippen LogP contribution in [0.4, 0.5) is 0 Å². The smallest absolute Gasteiger partial charge is 0.154 e. The van der Waals surface area contributed by atoms with Gasteiger partial charge in [-0.15, -0.1) is 0 Å². The molecule has 1 atom stereocenters. The van der Waals surface area contributed by atoms with Crippen LogP contribution in [0.2, 0.25) is 0 Å². The molecule has 0 aromatic carbocycles. The monoisotopic (exact) mass is 379 g/mol. The van der Waals surface area contributed by atoms with Crippen molar-refractivity contribution in [3.8, 4) is 0 Å². The molecule has 7 heteroatoms. The van der Waals surface area contributed by atoms with Crippen molar-refractivity contribution >= 4 is 25.8 Å². The first-order valence-corrected chi connectivity index (χ1v) is 9.89. The number of likely N-dealkylation sites (N-methyl/N-ethyl adjacent to an activating group) is 1. The van der Waals surface area contributed by atoms with Gasteiger partial charge in [-0.3, -0.25) is 4.68 Å². The van der Waals surface area contributed by atoms with Crippen LogP contribution < -0.4 is 5.32 Å². The number of nitrogens with one attached hydrogen (secondary N) is 1. The quantitative estimate of drug-likeness (QED) is 0.788. The third kappa shape index (κ3) is 3.68. The maximum absolute atomic E-state index is 12.1. The topological polar surface area (TPSA) is 64.0 Å². The van der Waals surface area contributed by atoms with Crippen LogP contribution in [0, 0.1) is 0 Å². The minimum Gasteiger partial charge on any atom is -0.315 e. The Hall–Kier alpha value is -0.400. The zero-order valence-electron chi connectivity index (χ0n) is 13.7. The fourth-order valence-corrected chi connectivity index (χ4v) is 3.80. The maximum Gasteiger partial charge on any atom is 0.154 e. The summed E-state index contributed by atoms with van der Waals surface area (Å²) >= 11 is 3.62. The lowest BCUT2D eigenvalue weighted by Gasteiger charge is -2.32. The van der Waals surface area contributed by atoms with Gasteiger partial charge in [-0.2, -0.15) is 5.10 Å². The molecule has 1 aromatic rings. The van der Waals surface area contributed by atoms with Crippen LogP contribution in [0.25, 0.3) is 0 Å². The van der Waals surface area contributed by atoms with E-state index in [0.29, 0.717) is 6.42 Å². The van der Waals surface area contributed by atoms with Gasteiger partial charge in [0.15, 0.2) is 9.84 Å². The van der Waals surface area contributed by atoms with E-state index in [1.165, 1.54) is 6.26 Å². The van der Waals surface area contributed by atoms with Crippen LogP contribution in [0.5, 0.6) is 0 Å². The summed E-state index contributed by atoms with van der Waals surface area (Å²) in [5.74, 6) is 0. The van der Waals surface area contributed by atoms with E-state index in [1.54, 1.807) is 20.9 Å². The molecule has 0 aliphatic carbocycles. The van der Waals surface area contributed by atoms with Crippen molar-refractivity contribution in [2.45, 2.75) is 57.9 Å². The SMILES string of the molecule is CCc1nn(CC)c(CC(NC)C(C)(C)S(C)(=O)=O)c1Br. The lowest BCUT2D eigenvalue weighted by molar-refractivity contribution is 0.419.